The molecule has 1 aromatic heterocycles. The van der Waals surface area contributed by atoms with Crippen molar-refractivity contribution in [3.63, 3.8) is 0 Å². The van der Waals surface area contributed by atoms with E-state index in [2.05, 4.69) is 15.5 Å². The van der Waals surface area contributed by atoms with Gasteiger partial charge in [0.05, 0.1) is 5.75 Å². The number of aryl methyl sites for hydroxylation is 1. The van der Waals surface area contributed by atoms with Crippen LogP contribution < -0.4 is 5.32 Å². The second-order valence-corrected chi connectivity index (χ2v) is 9.00. The number of nitrogens with zero attached hydrogens (tertiary/aromatic N) is 2. The van der Waals surface area contributed by atoms with Crippen molar-refractivity contribution in [2.45, 2.75) is 17.0 Å². The summed E-state index contributed by atoms with van der Waals surface area (Å²) >= 11 is 0.837. The Bertz CT molecular complexity index is 1070. The normalized spacial score (nSPS) is 11.6. The van der Waals surface area contributed by atoms with Gasteiger partial charge in [-0.25, -0.2) is 8.42 Å². The van der Waals surface area contributed by atoms with E-state index in [4.69, 9.17) is 0 Å². The van der Waals surface area contributed by atoms with Crippen molar-refractivity contribution in [1.82, 2.24) is 10.2 Å². The van der Waals surface area contributed by atoms with Crippen molar-refractivity contribution in [2.24, 2.45) is 0 Å². The SMILES string of the molecule is Cc1cccc(CS(=O)(=O)c2nnc(NC(=O)/C=C/c3ccccc3)s2)c1. The van der Waals surface area contributed by atoms with Crippen LogP contribution in [-0.2, 0) is 20.4 Å². The van der Waals surface area contributed by atoms with Crippen molar-refractivity contribution in [3.8, 4) is 0 Å². The van der Waals surface area contributed by atoms with Gasteiger partial charge >= 0.3 is 0 Å². The Morgan fingerprint density at radius 2 is 1.89 bits per heavy atom. The fourth-order valence-corrected chi connectivity index (χ4v) is 4.66. The van der Waals surface area contributed by atoms with Gasteiger partial charge in [0.2, 0.25) is 25.2 Å². The molecule has 1 heterocycles. The Kier molecular flexibility index (Phi) is 5.78. The zero-order valence-electron chi connectivity index (χ0n) is 14.5. The minimum absolute atomic E-state index is 0.119. The first-order valence-electron chi connectivity index (χ1n) is 8.08. The molecule has 6 nitrogen and oxygen atoms in total. The molecule has 0 aliphatic carbocycles. The van der Waals surface area contributed by atoms with Crippen LogP contribution in [0, 0.1) is 6.92 Å². The Morgan fingerprint density at radius 1 is 1.11 bits per heavy atom. The van der Waals surface area contributed by atoms with Crippen LogP contribution in [0.25, 0.3) is 6.08 Å². The highest BCUT2D eigenvalue weighted by molar-refractivity contribution is 7.92. The maximum absolute atomic E-state index is 12.5. The summed E-state index contributed by atoms with van der Waals surface area (Å²) in [5, 5.41) is 10.2. The Balaban J connectivity index is 1.67. The number of benzene rings is 2. The molecule has 27 heavy (non-hydrogen) atoms. The van der Waals surface area contributed by atoms with Gasteiger partial charge in [-0.2, -0.15) is 0 Å². The van der Waals surface area contributed by atoms with Crippen LogP contribution in [-0.4, -0.2) is 24.5 Å². The monoisotopic (exact) mass is 399 g/mol. The van der Waals surface area contributed by atoms with Gasteiger partial charge in [0.15, 0.2) is 0 Å². The van der Waals surface area contributed by atoms with E-state index in [-0.39, 0.29) is 15.2 Å². The summed E-state index contributed by atoms with van der Waals surface area (Å²) in [5.74, 6) is -0.567. The topological polar surface area (TPSA) is 89.0 Å². The number of anilines is 1. The second kappa shape index (κ2) is 8.24. The second-order valence-electron chi connectivity index (χ2n) is 5.85. The first kappa shape index (κ1) is 18.9. The molecule has 1 N–H and O–H groups in total. The predicted octanol–water partition coefficient (Wildman–Crippen LogP) is 3.47. The molecule has 3 rings (SSSR count). The number of rotatable bonds is 6. The zero-order valence-corrected chi connectivity index (χ0v) is 16.1. The average Bonchev–Trinajstić information content (AvgIpc) is 3.10. The summed E-state index contributed by atoms with van der Waals surface area (Å²) in [6.45, 7) is 1.90. The summed E-state index contributed by atoms with van der Waals surface area (Å²) in [6, 6.07) is 16.6. The number of hydrogen-bond acceptors (Lipinski definition) is 6. The van der Waals surface area contributed by atoms with Crippen LogP contribution in [0.2, 0.25) is 0 Å². The summed E-state index contributed by atoms with van der Waals surface area (Å²) < 4.78 is 24.9. The maximum Gasteiger partial charge on any atom is 0.250 e. The van der Waals surface area contributed by atoms with Gasteiger partial charge in [-0.1, -0.05) is 71.5 Å². The average molecular weight is 399 g/mol. The molecule has 0 aliphatic rings. The summed E-state index contributed by atoms with van der Waals surface area (Å²) in [4.78, 5) is 12.0. The minimum atomic E-state index is -3.62. The summed E-state index contributed by atoms with van der Waals surface area (Å²) in [6.07, 6.45) is 3.02. The van der Waals surface area contributed by atoms with Gasteiger partial charge in [0, 0.05) is 6.08 Å². The molecule has 2 aromatic carbocycles. The lowest BCUT2D eigenvalue weighted by Crippen LogP contribution is -2.07. The molecule has 0 bridgehead atoms. The number of carbonyl (C=O) groups excluding carboxylic acids is 1. The molecular formula is C19H17N3O3S2. The smallest absolute Gasteiger partial charge is 0.250 e. The van der Waals surface area contributed by atoms with Gasteiger partial charge in [-0.05, 0) is 24.1 Å². The molecule has 1 amide bonds. The molecule has 0 spiro atoms. The van der Waals surface area contributed by atoms with E-state index in [1.807, 2.05) is 55.5 Å². The lowest BCUT2D eigenvalue weighted by molar-refractivity contribution is -0.111. The number of sulfone groups is 1. The third-order valence-corrected chi connectivity index (χ3v) is 6.54. The number of carbonyl (C=O) groups is 1. The molecule has 8 heteroatoms. The van der Waals surface area contributed by atoms with Crippen molar-refractivity contribution in [1.29, 1.82) is 0 Å². The molecule has 3 aromatic rings. The summed E-state index contributed by atoms with van der Waals surface area (Å²) in [7, 11) is -3.62. The van der Waals surface area contributed by atoms with E-state index in [1.165, 1.54) is 6.08 Å². The number of amides is 1. The molecule has 0 saturated carbocycles. The van der Waals surface area contributed by atoms with Gasteiger partial charge in [-0.15, -0.1) is 10.2 Å². The molecule has 0 radical (unpaired) electrons. The largest absolute Gasteiger partial charge is 0.297 e. The number of hydrogen-bond donors (Lipinski definition) is 1. The third-order valence-electron chi connectivity index (χ3n) is 3.57. The molecule has 0 unspecified atom stereocenters. The van der Waals surface area contributed by atoms with E-state index >= 15 is 0 Å². The van der Waals surface area contributed by atoms with Gasteiger partial charge < -0.3 is 0 Å². The van der Waals surface area contributed by atoms with Crippen LogP contribution in [0.5, 0.6) is 0 Å². The maximum atomic E-state index is 12.5. The molecule has 0 atom stereocenters. The fourth-order valence-electron chi connectivity index (χ4n) is 2.35. The van der Waals surface area contributed by atoms with Crippen LogP contribution in [0.1, 0.15) is 16.7 Å². The van der Waals surface area contributed by atoms with E-state index in [0.717, 1.165) is 22.5 Å². The lowest BCUT2D eigenvalue weighted by atomic mass is 10.2. The first-order chi connectivity index (χ1) is 12.9. The molecule has 0 saturated heterocycles. The van der Waals surface area contributed by atoms with Crippen LogP contribution in [0.15, 0.2) is 65.0 Å². The fraction of sp³-hybridized carbons (Fsp3) is 0.105. The van der Waals surface area contributed by atoms with E-state index < -0.39 is 15.7 Å². The Labute approximate surface area is 161 Å². The molecule has 0 aliphatic heterocycles. The van der Waals surface area contributed by atoms with Crippen molar-refractivity contribution in [3.05, 3.63) is 77.4 Å². The third kappa shape index (κ3) is 5.32. The summed E-state index contributed by atoms with van der Waals surface area (Å²) in [5.41, 5.74) is 2.55. The Morgan fingerprint density at radius 3 is 2.63 bits per heavy atom. The van der Waals surface area contributed by atoms with Crippen molar-refractivity contribution in [2.75, 3.05) is 5.32 Å². The predicted molar refractivity (Wildman–Crippen MR) is 106 cm³/mol. The number of nitrogens with one attached hydrogen (secondary N) is 1. The van der Waals surface area contributed by atoms with E-state index in [1.54, 1.807) is 12.1 Å². The van der Waals surface area contributed by atoms with Crippen LogP contribution in [0.3, 0.4) is 0 Å². The molecule has 138 valence electrons. The van der Waals surface area contributed by atoms with Crippen molar-refractivity contribution < 1.29 is 13.2 Å². The highest BCUT2D eigenvalue weighted by Crippen LogP contribution is 2.23. The van der Waals surface area contributed by atoms with Crippen LogP contribution >= 0.6 is 11.3 Å². The highest BCUT2D eigenvalue weighted by Gasteiger charge is 2.21. The van der Waals surface area contributed by atoms with E-state index in [9.17, 15) is 13.2 Å². The lowest BCUT2D eigenvalue weighted by Gasteiger charge is -2.01. The highest BCUT2D eigenvalue weighted by atomic mass is 32.2. The van der Waals surface area contributed by atoms with Gasteiger partial charge in [0.25, 0.3) is 0 Å². The van der Waals surface area contributed by atoms with Crippen molar-refractivity contribution >= 4 is 38.3 Å². The quantitative estimate of drug-likeness (QED) is 0.506. The zero-order chi connectivity index (χ0) is 19.3. The standard InChI is InChI=1S/C19H17N3O3S2/c1-14-6-5-9-16(12-14)13-27(24,25)19-22-21-18(26-19)20-17(23)11-10-15-7-3-2-4-8-15/h2-12H,13H2,1H3,(H,20,21,23)/b11-10+. The minimum Gasteiger partial charge on any atom is -0.297 e. The number of aromatic nitrogens is 2. The molecule has 0 fully saturated rings. The van der Waals surface area contributed by atoms with Gasteiger partial charge in [0.1, 0.15) is 0 Å². The first-order valence-corrected chi connectivity index (χ1v) is 10.6. The Hall–Kier alpha value is -2.84. The van der Waals surface area contributed by atoms with Gasteiger partial charge in [-0.3, -0.25) is 10.1 Å². The van der Waals surface area contributed by atoms with Crippen LogP contribution in [0.4, 0.5) is 5.13 Å². The van der Waals surface area contributed by atoms with E-state index in [0.29, 0.717) is 5.56 Å². The molecular weight excluding hydrogens is 382 g/mol.